The van der Waals surface area contributed by atoms with Gasteiger partial charge in [-0.3, -0.25) is 4.79 Å². The molecule has 14 heavy (non-hydrogen) atoms. The van der Waals surface area contributed by atoms with Crippen LogP contribution in [0.1, 0.15) is 27.7 Å². The topological polar surface area (TPSA) is 76.1 Å². The summed E-state index contributed by atoms with van der Waals surface area (Å²) in [6.07, 6.45) is 0. The minimum absolute atomic E-state index is 0.0488. The number of nitrogens with zero attached hydrogens (tertiary/aromatic N) is 1. The lowest BCUT2D eigenvalue weighted by Gasteiger charge is -2.19. The van der Waals surface area contributed by atoms with Crippen LogP contribution in [0.3, 0.4) is 0 Å². The summed E-state index contributed by atoms with van der Waals surface area (Å²) in [6.45, 7) is 7.20. The van der Waals surface area contributed by atoms with E-state index in [9.17, 15) is 4.79 Å². The molecule has 0 aromatic heterocycles. The van der Waals surface area contributed by atoms with Crippen LogP contribution in [0, 0.1) is 22.7 Å². The van der Waals surface area contributed by atoms with Gasteiger partial charge in [0.2, 0.25) is 0 Å². The lowest BCUT2D eigenvalue weighted by molar-refractivity contribution is -0.148. The van der Waals surface area contributed by atoms with Gasteiger partial charge < -0.3 is 10.5 Å². The molecule has 2 N–H and O–H groups in total. The highest BCUT2D eigenvalue weighted by Gasteiger charge is 2.23. The summed E-state index contributed by atoms with van der Waals surface area (Å²) in [7, 11) is 0. The van der Waals surface area contributed by atoms with Crippen LogP contribution in [-0.4, -0.2) is 18.6 Å². The van der Waals surface area contributed by atoms with Crippen LogP contribution < -0.4 is 5.73 Å². The number of rotatable bonds is 4. The van der Waals surface area contributed by atoms with Crippen LogP contribution in [0.15, 0.2) is 0 Å². The minimum Gasteiger partial charge on any atom is -0.463 e. The molecule has 0 rings (SSSR count). The zero-order chi connectivity index (χ0) is 11.4. The predicted molar refractivity (Wildman–Crippen MR) is 53.2 cm³/mol. The largest absolute Gasteiger partial charge is 0.463 e. The summed E-state index contributed by atoms with van der Waals surface area (Å²) in [5, 5.41) is 8.68. The quantitative estimate of drug-likeness (QED) is 0.685. The summed E-state index contributed by atoms with van der Waals surface area (Å²) in [5.41, 5.74) is 4.93. The van der Waals surface area contributed by atoms with Crippen molar-refractivity contribution < 1.29 is 9.53 Å². The van der Waals surface area contributed by atoms with E-state index in [0.29, 0.717) is 0 Å². The molecule has 0 amide bonds. The van der Waals surface area contributed by atoms with E-state index in [2.05, 4.69) is 0 Å². The molecule has 4 nitrogen and oxygen atoms in total. The van der Waals surface area contributed by atoms with Crippen LogP contribution in [0.5, 0.6) is 0 Å². The van der Waals surface area contributed by atoms with E-state index in [-0.39, 0.29) is 12.5 Å². The van der Waals surface area contributed by atoms with Gasteiger partial charge in [-0.1, -0.05) is 13.8 Å². The van der Waals surface area contributed by atoms with Gasteiger partial charge >= 0.3 is 5.97 Å². The van der Waals surface area contributed by atoms with Crippen LogP contribution in [0.2, 0.25) is 0 Å². The van der Waals surface area contributed by atoms with Crippen molar-refractivity contribution in [3.8, 4) is 6.07 Å². The van der Waals surface area contributed by atoms with Gasteiger partial charge in [-0.25, -0.2) is 0 Å². The smallest absolute Gasteiger partial charge is 0.323 e. The molecule has 0 saturated heterocycles. The predicted octanol–water partition coefficient (Wildman–Crippen LogP) is 1.06. The van der Waals surface area contributed by atoms with Gasteiger partial charge in [-0.15, -0.1) is 0 Å². The normalized spacial score (nSPS) is 13.5. The van der Waals surface area contributed by atoms with E-state index in [1.807, 2.05) is 19.9 Å². The summed E-state index contributed by atoms with van der Waals surface area (Å²) in [5.74, 6) is -0.393. The molecule has 0 aromatic rings. The molecule has 1 atom stereocenters. The van der Waals surface area contributed by atoms with E-state index in [1.54, 1.807) is 13.8 Å². The first-order valence-electron chi connectivity index (χ1n) is 4.63. The Morgan fingerprint density at radius 2 is 2.07 bits per heavy atom. The van der Waals surface area contributed by atoms with E-state index < -0.39 is 17.4 Å². The van der Waals surface area contributed by atoms with Crippen LogP contribution in [0.4, 0.5) is 0 Å². The van der Waals surface area contributed by atoms with Crippen molar-refractivity contribution >= 4 is 5.97 Å². The van der Waals surface area contributed by atoms with E-state index >= 15 is 0 Å². The number of carbonyl (C=O) groups is 1. The first kappa shape index (κ1) is 12.9. The number of hydrogen-bond donors (Lipinski definition) is 1. The highest BCUT2D eigenvalue weighted by atomic mass is 16.5. The second kappa shape index (κ2) is 4.97. The summed E-state index contributed by atoms with van der Waals surface area (Å²) >= 11 is 0. The molecule has 0 saturated carbocycles. The van der Waals surface area contributed by atoms with Crippen molar-refractivity contribution in [3.05, 3.63) is 0 Å². The van der Waals surface area contributed by atoms with Gasteiger partial charge in [0.25, 0.3) is 0 Å². The van der Waals surface area contributed by atoms with Crippen LogP contribution >= 0.6 is 0 Å². The second-order valence-electron chi connectivity index (χ2n) is 4.37. The maximum Gasteiger partial charge on any atom is 0.323 e. The Labute approximate surface area is 85.0 Å². The number of nitrogens with two attached hydrogens (primary N) is 1. The van der Waals surface area contributed by atoms with Crippen molar-refractivity contribution in [3.63, 3.8) is 0 Å². The molecule has 0 bridgehead atoms. The molecule has 0 spiro atoms. The van der Waals surface area contributed by atoms with Crippen molar-refractivity contribution in [1.29, 1.82) is 5.26 Å². The monoisotopic (exact) mass is 198 g/mol. The van der Waals surface area contributed by atoms with Gasteiger partial charge in [-0.05, 0) is 19.8 Å². The molecule has 4 heteroatoms. The Morgan fingerprint density at radius 3 is 2.43 bits per heavy atom. The number of ether oxygens (including phenoxy) is 1. The van der Waals surface area contributed by atoms with Crippen LogP contribution in [0.25, 0.3) is 0 Å². The van der Waals surface area contributed by atoms with Gasteiger partial charge in [0.05, 0.1) is 11.5 Å². The summed E-state index contributed by atoms with van der Waals surface area (Å²) in [6, 6.07) is 1.44. The Kier molecular flexibility index (Phi) is 4.58. The molecule has 0 aromatic carbocycles. The fourth-order valence-electron chi connectivity index (χ4n) is 0.652. The molecule has 0 aliphatic carbocycles. The van der Waals surface area contributed by atoms with E-state index in [4.69, 9.17) is 15.7 Å². The third-order valence-corrected chi connectivity index (χ3v) is 1.87. The zero-order valence-corrected chi connectivity index (χ0v) is 9.20. The van der Waals surface area contributed by atoms with Crippen LogP contribution in [-0.2, 0) is 9.53 Å². The molecule has 0 radical (unpaired) electrons. The van der Waals surface area contributed by atoms with Crippen molar-refractivity contribution in [2.24, 2.45) is 17.1 Å². The second-order valence-corrected chi connectivity index (χ2v) is 4.37. The third-order valence-electron chi connectivity index (χ3n) is 1.87. The Balaban J connectivity index is 4.05. The number of nitriles is 1. The molecule has 0 aliphatic rings. The molecular weight excluding hydrogens is 180 g/mol. The first-order chi connectivity index (χ1) is 6.30. The average Bonchev–Trinajstić information content (AvgIpc) is 2.13. The van der Waals surface area contributed by atoms with Crippen molar-refractivity contribution in [1.82, 2.24) is 0 Å². The highest BCUT2D eigenvalue weighted by molar-refractivity contribution is 5.75. The molecule has 0 fully saturated rings. The number of hydrogen-bond acceptors (Lipinski definition) is 4. The summed E-state index contributed by atoms with van der Waals surface area (Å²) in [4.78, 5) is 11.3. The SMILES string of the molecule is CC(C)C(N)C(=O)OCC(C)(C)C#N. The standard InChI is InChI=1S/C10H18N2O2/c1-7(2)8(12)9(13)14-6-10(3,4)5-11/h7-8H,6,12H2,1-4H3. The lowest BCUT2D eigenvalue weighted by Crippen LogP contribution is -2.38. The lowest BCUT2D eigenvalue weighted by atomic mass is 9.97. The fraction of sp³-hybridized carbons (Fsp3) is 0.800. The molecular formula is C10H18N2O2. The Morgan fingerprint density at radius 1 is 1.57 bits per heavy atom. The van der Waals surface area contributed by atoms with Gasteiger partial charge in [-0.2, -0.15) is 5.26 Å². The molecule has 80 valence electrons. The van der Waals surface area contributed by atoms with Crippen molar-refractivity contribution in [2.75, 3.05) is 6.61 Å². The van der Waals surface area contributed by atoms with Crippen molar-refractivity contribution in [2.45, 2.75) is 33.7 Å². The van der Waals surface area contributed by atoms with Gasteiger partial charge in [0.1, 0.15) is 12.6 Å². The fourth-order valence-corrected chi connectivity index (χ4v) is 0.652. The molecule has 0 heterocycles. The van der Waals surface area contributed by atoms with E-state index in [1.165, 1.54) is 0 Å². The maximum atomic E-state index is 11.3. The number of carbonyl (C=O) groups excluding carboxylic acids is 1. The van der Waals surface area contributed by atoms with E-state index in [0.717, 1.165) is 0 Å². The molecule has 0 aliphatic heterocycles. The zero-order valence-electron chi connectivity index (χ0n) is 9.20. The summed E-state index contributed by atoms with van der Waals surface area (Å²) < 4.78 is 4.93. The Bertz CT molecular complexity index is 241. The van der Waals surface area contributed by atoms with Gasteiger partial charge in [0.15, 0.2) is 0 Å². The Hall–Kier alpha value is -1.08. The molecule has 1 unspecified atom stereocenters. The third kappa shape index (κ3) is 4.24. The highest BCUT2D eigenvalue weighted by Crippen LogP contribution is 2.14. The number of esters is 1. The minimum atomic E-state index is -0.646. The maximum absolute atomic E-state index is 11.3. The first-order valence-corrected chi connectivity index (χ1v) is 4.63. The average molecular weight is 198 g/mol. The van der Waals surface area contributed by atoms with Gasteiger partial charge in [0, 0.05) is 0 Å².